The molecule has 2 heteroatoms. The smallest absolute Gasteiger partial charge is 0.0770 e. The van der Waals surface area contributed by atoms with Crippen molar-refractivity contribution in [3.63, 3.8) is 0 Å². The van der Waals surface area contributed by atoms with Crippen molar-refractivity contribution in [3.05, 3.63) is 76.0 Å². The molecular weight excluding hydrogens is 330 g/mol. The molecule has 0 fully saturated rings. The summed E-state index contributed by atoms with van der Waals surface area (Å²) in [6, 6.07) is 19.8. The Morgan fingerprint density at radius 1 is 0.769 bits per heavy atom. The summed E-state index contributed by atoms with van der Waals surface area (Å²) in [6.07, 6.45) is 2.36. The van der Waals surface area contributed by atoms with Gasteiger partial charge in [0, 0.05) is 13.1 Å². The van der Waals surface area contributed by atoms with E-state index in [9.17, 15) is 0 Å². The lowest BCUT2D eigenvalue weighted by atomic mass is 10.1. The second kappa shape index (κ2) is 9.89. The van der Waals surface area contributed by atoms with Crippen LogP contribution in [-0.2, 0) is 13.1 Å². The molecule has 0 heterocycles. The van der Waals surface area contributed by atoms with Crippen molar-refractivity contribution < 1.29 is 0 Å². The SMILES string of the molecule is CC[Si](/C=C/c1ccc(CNCc2cc(C)cc(C)c2)cc1)(CC)CC. The maximum absolute atomic E-state index is 3.56. The largest absolute Gasteiger partial charge is 0.309 e. The molecule has 0 aliphatic heterocycles. The van der Waals surface area contributed by atoms with Crippen LogP contribution in [0.15, 0.2) is 48.2 Å². The number of benzene rings is 2. The lowest BCUT2D eigenvalue weighted by molar-refractivity contribution is 0.692. The molecule has 0 aliphatic carbocycles. The third-order valence-corrected chi connectivity index (χ3v) is 10.8. The summed E-state index contributed by atoms with van der Waals surface area (Å²) in [4.78, 5) is 0. The van der Waals surface area contributed by atoms with Gasteiger partial charge in [0.2, 0.25) is 0 Å². The van der Waals surface area contributed by atoms with Crippen LogP contribution in [0.2, 0.25) is 18.1 Å². The minimum atomic E-state index is -1.17. The second-order valence-electron chi connectivity index (χ2n) is 7.60. The van der Waals surface area contributed by atoms with E-state index in [0.717, 1.165) is 13.1 Å². The van der Waals surface area contributed by atoms with E-state index in [1.165, 1.54) is 45.9 Å². The average molecular weight is 366 g/mol. The highest BCUT2D eigenvalue weighted by Gasteiger charge is 2.22. The molecule has 2 rings (SSSR count). The summed E-state index contributed by atoms with van der Waals surface area (Å²) in [5.41, 5.74) is 9.27. The fourth-order valence-corrected chi connectivity index (χ4v) is 6.40. The Morgan fingerprint density at radius 3 is 1.85 bits per heavy atom. The van der Waals surface area contributed by atoms with E-state index in [4.69, 9.17) is 0 Å². The number of hydrogen-bond donors (Lipinski definition) is 1. The molecule has 1 nitrogen and oxygen atoms in total. The summed E-state index contributed by atoms with van der Waals surface area (Å²) in [5, 5.41) is 3.56. The Morgan fingerprint density at radius 2 is 1.31 bits per heavy atom. The van der Waals surface area contributed by atoms with Crippen molar-refractivity contribution in [1.82, 2.24) is 5.32 Å². The van der Waals surface area contributed by atoms with Crippen molar-refractivity contribution in [1.29, 1.82) is 0 Å². The zero-order chi connectivity index (χ0) is 19.0. The first-order chi connectivity index (χ1) is 12.5. The molecule has 0 atom stereocenters. The van der Waals surface area contributed by atoms with Crippen LogP contribution in [-0.4, -0.2) is 8.07 Å². The lowest BCUT2D eigenvalue weighted by Crippen LogP contribution is -2.28. The van der Waals surface area contributed by atoms with Gasteiger partial charge in [-0.15, -0.1) is 0 Å². The first-order valence-electron chi connectivity index (χ1n) is 10.1. The molecule has 2 aromatic rings. The van der Waals surface area contributed by atoms with Crippen molar-refractivity contribution in [2.45, 2.75) is 65.8 Å². The molecule has 26 heavy (non-hydrogen) atoms. The fourth-order valence-electron chi connectivity index (χ4n) is 3.65. The van der Waals surface area contributed by atoms with Crippen LogP contribution in [0.3, 0.4) is 0 Å². The Balaban J connectivity index is 1.91. The predicted octanol–water partition coefficient (Wildman–Crippen LogP) is 6.65. The first-order valence-corrected chi connectivity index (χ1v) is 12.8. The molecule has 0 saturated carbocycles. The third-order valence-electron chi connectivity index (χ3n) is 5.66. The molecule has 2 aromatic carbocycles. The molecule has 0 saturated heterocycles. The molecule has 0 amide bonds. The van der Waals surface area contributed by atoms with E-state index in [0.29, 0.717) is 0 Å². The van der Waals surface area contributed by atoms with Crippen molar-refractivity contribution in [2.75, 3.05) is 0 Å². The molecule has 0 radical (unpaired) electrons. The fraction of sp³-hybridized carbons (Fsp3) is 0.417. The van der Waals surface area contributed by atoms with Crippen LogP contribution in [0.1, 0.15) is 48.6 Å². The molecule has 0 aromatic heterocycles. The third kappa shape index (κ3) is 5.96. The van der Waals surface area contributed by atoms with E-state index in [-0.39, 0.29) is 0 Å². The van der Waals surface area contributed by atoms with Crippen LogP contribution in [0.5, 0.6) is 0 Å². The normalized spacial score (nSPS) is 12.0. The van der Waals surface area contributed by atoms with Crippen LogP contribution in [0.25, 0.3) is 6.08 Å². The van der Waals surface area contributed by atoms with Crippen LogP contribution in [0.4, 0.5) is 0 Å². The minimum absolute atomic E-state index is 0.911. The highest BCUT2D eigenvalue weighted by molar-refractivity contribution is 6.84. The second-order valence-corrected chi connectivity index (χ2v) is 12.8. The van der Waals surface area contributed by atoms with Crippen molar-refractivity contribution >= 4 is 14.1 Å². The van der Waals surface area contributed by atoms with Gasteiger partial charge in [0.15, 0.2) is 0 Å². The molecular formula is C24H35NSi. The quantitative estimate of drug-likeness (QED) is 0.490. The molecule has 0 unspecified atom stereocenters. The van der Waals surface area contributed by atoms with Gasteiger partial charge in [-0.25, -0.2) is 0 Å². The Kier molecular flexibility index (Phi) is 7.86. The maximum Gasteiger partial charge on any atom is 0.0770 e. The summed E-state index contributed by atoms with van der Waals surface area (Å²) in [7, 11) is -1.17. The number of nitrogens with one attached hydrogen (secondary N) is 1. The average Bonchev–Trinajstić information content (AvgIpc) is 2.64. The monoisotopic (exact) mass is 365 g/mol. The van der Waals surface area contributed by atoms with Gasteiger partial charge >= 0.3 is 0 Å². The van der Waals surface area contributed by atoms with E-state index < -0.39 is 8.07 Å². The summed E-state index contributed by atoms with van der Waals surface area (Å²) in [6.45, 7) is 13.2. The van der Waals surface area contributed by atoms with E-state index >= 15 is 0 Å². The molecule has 1 N–H and O–H groups in total. The standard InChI is InChI=1S/C24H35NSi/c1-6-26(7-2,8-3)14-13-22-9-11-23(12-10-22)18-25-19-24-16-20(4)15-21(5)17-24/h9-17,25H,6-8,18-19H2,1-5H3/b14-13+. The molecule has 0 spiro atoms. The Bertz CT molecular complexity index is 683. The molecule has 140 valence electrons. The summed E-state index contributed by atoms with van der Waals surface area (Å²) >= 11 is 0. The van der Waals surface area contributed by atoms with Crippen molar-refractivity contribution in [2.24, 2.45) is 0 Å². The Hall–Kier alpha value is -1.64. The van der Waals surface area contributed by atoms with Gasteiger partial charge < -0.3 is 5.32 Å². The highest BCUT2D eigenvalue weighted by atomic mass is 28.3. The van der Waals surface area contributed by atoms with Crippen LogP contribution in [0, 0.1) is 13.8 Å². The number of hydrogen-bond acceptors (Lipinski definition) is 1. The van der Waals surface area contributed by atoms with Crippen LogP contribution < -0.4 is 5.32 Å². The lowest BCUT2D eigenvalue weighted by Gasteiger charge is -2.23. The molecule has 0 aliphatic rings. The van der Waals surface area contributed by atoms with E-state index in [1.807, 2.05) is 0 Å². The first kappa shape index (κ1) is 20.7. The van der Waals surface area contributed by atoms with Crippen LogP contribution >= 0.6 is 0 Å². The Labute approximate surface area is 161 Å². The predicted molar refractivity (Wildman–Crippen MR) is 119 cm³/mol. The van der Waals surface area contributed by atoms with Gasteiger partial charge in [-0.05, 0) is 30.5 Å². The summed E-state index contributed by atoms with van der Waals surface area (Å²) < 4.78 is 0. The maximum atomic E-state index is 3.56. The van der Waals surface area contributed by atoms with Gasteiger partial charge in [0.25, 0.3) is 0 Å². The van der Waals surface area contributed by atoms with Gasteiger partial charge in [0.1, 0.15) is 0 Å². The van der Waals surface area contributed by atoms with Gasteiger partial charge in [-0.2, -0.15) is 0 Å². The number of aryl methyl sites for hydroxylation is 2. The van der Waals surface area contributed by atoms with E-state index in [2.05, 4.69) is 94.2 Å². The van der Waals surface area contributed by atoms with Gasteiger partial charge in [0.05, 0.1) is 8.07 Å². The van der Waals surface area contributed by atoms with Gasteiger partial charge in [-0.3, -0.25) is 0 Å². The number of rotatable bonds is 9. The van der Waals surface area contributed by atoms with Gasteiger partial charge in [-0.1, -0.05) is 104 Å². The molecule has 0 bridgehead atoms. The zero-order valence-corrected chi connectivity index (χ0v) is 18.2. The van der Waals surface area contributed by atoms with Crippen molar-refractivity contribution in [3.8, 4) is 0 Å². The zero-order valence-electron chi connectivity index (χ0n) is 17.2. The minimum Gasteiger partial charge on any atom is -0.309 e. The van der Waals surface area contributed by atoms with E-state index in [1.54, 1.807) is 0 Å². The summed E-state index contributed by atoms with van der Waals surface area (Å²) in [5.74, 6) is 0. The topological polar surface area (TPSA) is 12.0 Å². The highest BCUT2D eigenvalue weighted by Crippen LogP contribution is 2.23.